The Kier molecular flexibility index (Phi) is 11.2. The van der Waals surface area contributed by atoms with Gasteiger partial charge in [-0.25, -0.2) is 14.1 Å². The number of nitrogen functional groups attached to an aromatic ring is 1. The summed E-state index contributed by atoms with van der Waals surface area (Å²) in [7, 11) is -4.52. The number of carbonyl (C=O) groups excluding carboxylic acids is 3. The molecular weight excluding hydrogens is 659 g/mol. The first-order valence-electron chi connectivity index (χ1n) is 16.0. The summed E-state index contributed by atoms with van der Waals surface area (Å²) in [6, 6.07) is 12.1. The van der Waals surface area contributed by atoms with Gasteiger partial charge in [-0.1, -0.05) is 38.5 Å². The number of benzene rings is 1. The first-order valence-corrected chi connectivity index (χ1v) is 17.6. The number of aromatic nitrogens is 3. The van der Waals surface area contributed by atoms with Gasteiger partial charge in [-0.05, 0) is 49.9 Å². The van der Waals surface area contributed by atoms with Gasteiger partial charge in [-0.3, -0.25) is 18.9 Å². The van der Waals surface area contributed by atoms with Crippen LogP contribution in [0.5, 0.6) is 5.75 Å². The van der Waals surface area contributed by atoms with Crippen molar-refractivity contribution in [1.29, 1.82) is 5.26 Å². The van der Waals surface area contributed by atoms with Gasteiger partial charge >= 0.3 is 25.7 Å². The molecule has 3 aromatic rings. The van der Waals surface area contributed by atoms with Crippen molar-refractivity contribution in [2.75, 3.05) is 18.9 Å². The van der Waals surface area contributed by atoms with E-state index in [0.717, 1.165) is 19.3 Å². The highest BCUT2D eigenvalue weighted by molar-refractivity contribution is 7.52. The number of nitriles is 1. The summed E-state index contributed by atoms with van der Waals surface area (Å²) in [4.78, 5) is 42.3. The maximum atomic E-state index is 14.4. The monoisotopic (exact) mass is 698 g/mol. The topological polar surface area (TPSA) is 216 Å². The van der Waals surface area contributed by atoms with Gasteiger partial charge in [0, 0.05) is 12.8 Å². The smallest absolute Gasteiger partial charge is 0.459 e. The van der Waals surface area contributed by atoms with E-state index in [0.29, 0.717) is 5.52 Å². The number of hydrogen-bond donors (Lipinski definition) is 2. The zero-order chi connectivity index (χ0) is 35.2. The molecule has 3 heterocycles. The SMILES string of the molecule is CCC(=O)O[C@@H]1[C@H](c2ccc3c(N)ncnn23)O[C@](C#N)(COP(=O)(NC(C)C(=O)OCC2CCC2)Oc2ccccc2)[C@H]1OC(=O)CC. The van der Waals surface area contributed by atoms with Gasteiger partial charge in [0.15, 0.2) is 18.0 Å². The molecule has 1 aliphatic heterocycles. The molecule has 2 fully saturated rings. The highest BCUT2D eigenvalue weighted by Crippen LogP contribution is 2.50. The highest BCUT2D eigenvalue weighted by Gasteiger charge is 2.62. The summed E-state index contributed by atoms with van der Waals surface area (Å²) >= 11 is 0. The predicted octanol–water partition coefficient (Wildman–Crippen LogP) is 3.81. The van der Waals surface area contributed by atoms with Crippen molar-refractivity contribution >= 4 is 37.0 Å². The Bertz CT molecular complexity index is 1740. The van der Waals surface area contributed by atoms with Crippen LogP contribution in [0.3, 0.4) is 0 Å². The molecule has 262 valence electrons. The van der Waals surface area contributed by atoms with Gasteiger partial charge in [0.25, 0.3) is 0 Å². The minimum absolute atomic E-state index is 0.0451. The summed E-state index contributed by atoms with van der Waals surface area (Å²) < 4.78 is 50.6. The van der Waals surface area contributed by atoms with Crippen LogP contribution in [0.1, 0.15) is 64.7 Å². The van der Waals surface area contributed by atoms with E-state index in [1.807, 2.05) is 6.07 Å². The lowest BCUT2D eigenvalue weighted by Gasteiger charge is -2.30. The number of carbonyl (C=O) groups is 3. The van der Waals surface area contributed by atoms with Crippen LogP contribution in [0, 0.1) is 17.2 Å². The molecule has 17 heteroatoms. The van der Waals surface area contributed by atoms with Crippen LogP contribution >= 0.6 is 7.75 Å². The Morgan fingerprint density at radius 2 is 1.86 bits per heavy atom. The van der Waals surface area contributed by atoms with Gasteiger partial charge in [-0.15, -0.1) is 0 Å². The summed E-state index contributed by atoms with van der Waals surface area (Å²) in [5.74, 6) is -1.53. The van der Waals surface area contributed by atoms with E-state index in [4.69, 9.17) is 33.7 Å². The van der Waals surface area contributed by atoms with Crippen molar-refractivity contribution in [3.8, 4) is 11.8 Å². The standard InChI is InChI=1S/C32H39N6O10P/c1-4-25(39)45-28-27(23-14-15-24-30(34)35-19-36-38(23)24)47-32(17-33,29(28)46-26(40)5-2)18-44-49(42,48-22-12-7-6-8-13-22)37-20(3)31(41)43-16-21-10-9-11-21/h6-8,12-15,19-21,27-29H,4-5,9-11,16,18H2,1-3H3,(H,37,42)(H2,34,35,36)/t20?,27-,28+,29-,32+,49?/m0/s1. The van der Waals surface area contributed by atoms with Crippen LogP contribution in [-0.4, -0.2) is 69.6 Å². The molecule has 0 spiro atoms. The number of nitrogens with zero attached hydrogens (tertiary/aromatic N) is 4. The lowest BCUT2D eigenvalue weighted by Crippen LogP contribution is -2.49. The van der Waals surface area contributed by atoms with Crippen LogP contribution in [0.25, 0.3) is 5.52 Å². The number of para-hydroxylation sites is 1. The van der Waals surface area contributed by atoms with Crippen molar-refractivity contribution in [2.45, 2.75) is 82.8 Å². The van der Waals surface area contributed by atoms with Crippen LogP contribution in [0.4, 0.5) is 5.82 Å². The number of rotatable bonds is 15. The molecule has 1 saturated heterocycles. The largest absolute Gasteiger partial charge is 0.464 e. The Labute approximate surface area is 282 Å². The lowest BCUT2D eigenvalue weighted by molar-refractivity contribution is -0.169. The maximum absolute atomic E-state index is 14.4. The van der Waals surface area contributed by atoms with Crippen LogP contribution in [-0.2, 0) is 42.4 Å². The fraction of sp³-hybridized carbons (Fsp3) is 0.500. The molecule has 49 heavy (non-hydrogen) atoms. The zero-order valence-corrected chi connectivity index (χ0v) is 28.2. The minimum atomic E-state index is -4.52. The molecule has 16 nitrogen and oxygen atoms in total. The molecular formula is C32H39N6O10P. The average Bonchev–Trinajstić information content (AvgIpc) is 3.63. The van der Waals surface area contributed by atoms with E-state index in [2.05, 4.69) is 15.2 Å². The summed E-state index contributed by atoms with van der Waals surface area (Å²) in [5.41, 5.74) is 4.50. The van der Waals surface area contributed by atoms with Crippen molar-refractivity contribution < 1.29 is 46.9 Å². The van der Waals surface area contributed by atoms with Gasteiger partial charge in [0.1, 0.15) is 42.4 Å². The van der Waals surface area contributed by atoms with Crippen LogP contribution in [0.2, 0.25) is 0 Å². The van der Waals surface area contributed by atoms with E-state index >= 15 is 0 Å². The highest BCUT2D eigenvalue weighted by atomic mass is 31.2. The van der Waals surface area contributed by atoms with Crippen molar-refractivity contribution in [2.24, 2.45) is 5.92 Å². The summed E-state index contributed by atoms with van der Waals surface area (Å²) in [6.07, 6.45) is -0.149. The quantitative estimate of drug-likeness (QED) is 0.131. The van der Waals surface area contributed by atoms with Crippen molar-refractivity contribution in [3.63, 3.8) is 0 Å². The van der Waals surface area contributed by atoms with E-state index in [1.165, 1.54) is 29.9 Å². The first kappa shape index (κ1) is 35.7. The summed E-state index contributed by atoms with van der Waals surface area (Å²) in [6.45, 7) is 3.96. The minimum Gasteiger partial charge on any atom is -0.464 e. The molecule has 0 amide bonds. The molecule has 0 radical (unpaired) electrons. The van der Waals surface area contributed by atoms with E-state index in [1.54, 1.807) is 44.2 Å². The normalized spacial score (nSPS) is 23.8. The van der Waals surface area contributed by atoms with Gasteiger partial charge in [-0.2, -0.15) is 15.4 Å². The Morgan fingerprint density at radius 1 is 1.14 bits per heavy atom. The van der Waals surface area contributed by atoms with E-state index in [-0.39, 0.29) is 42.6 Å². The molecule has 6 atom stereocenters. The second-order valence-corrected chi connectivity index (χ2v) is 13.5. The van der Waals surface area contributed by atoms with Gasteiger partial charge in [0.05, 0.1) is 12.3 Å². The molecule has 2 aliphatic rings. The molecule has 2 unspecified atom stereocenters. The number of fused-ring (bicyclic) bond motifs is 1. The maximum Gasteiger partial charge on any atom is 0.459 e. The Balaban J connectivity index is 1.49. The first-order chi connectivity index (χ1) is 23.5. The van der Waals surface area contributed by atoms with E-state index < -0.39 is 62.2 Å². The fourth-order valence-electron chi connectivity index (χ4n) is 5.35. The molecule has 3 N–H and O–H groups in total. The number of nitrogens with two attached hydrogens (primary N) is 1. The number of ether oxygens (including phenoxy) is 4. The molecule has 1 aliphatic carbocycles. The second-order valence-electron chi connectivity index (χ2n) is 11.8. The number of anilines is 1. The molecule has 2 aromatic heterocycles. The number of hydrogen-bond acceptors (Lipinski definition) is 14. The van der Waals surface area contributed by atoms with Gasteiger partial charge < -0.3 is 29.2 Å². The third kappa shape index (κ3) is 8.02. The third-order valence-electron chi connectivity index (χ3n) is 8.30. The second kappa shape index (κ2) is 15.3. The van der Waals surface area contributed by atoms with Crippen molar-refractivity contribution in [3.05, 3.63) is 54.5 Å². The van der Waals surface area contributed by atoms with Crippen LogP contribution in [0.15, 0.2) is 48.8 Å². The van der Waals surface area contributed by atoms with Gasteiger partial charge in [0.2, 0.25) is 5.60 Å². The Morgan fingerprint density at radius 3 is 2.51 bits per heavy atom. The number of nitrogens with one attached hydrogen (secondary N) is 1. The third-order valence-corrected chi connectivity index (χ3v) is 9.92. The molecule has 1 saturated carbocycles. The lowest BCUT2D eigenvalue weighted by atomic mass is 9.86. The predicted molar refractivity (Wildman–Crippen MR) is 171 cm³/mol. The molecule has 0 bridgehead atoms. The average molecular weight is 699 g/mol. The van der Waals surface area contributed by atoms with Crippen LogP contribution < -0.4 is 15.3 Å². The number of esters is 3. The molecule has 5 rings (SSSR count). The molecule has 1 aromatic carbocycles. The van der Waals surface area contributed by atoms with E-state index in [9.17, 15) is 24.2 Å². The Hall–Kier alpha value is -4.55. The zero-order valence-electron chi connectivity index (χ0n) is 27.4. The van der Waals surface area contributed by atoms with Crippen molar-refractivity contribution in [1.82, 2.24) is 19.7 Å². The fourth-order valence-corrected chi connectivity index (χ4v) is 6.87. The summed E-state index contributed by atoms with van der Waals surface area (Å²) in [5, 5.41) is 17.5.